The summed E-state index contributed by atoms with van der Waals surface area (Å²) in [6.07, 6.45) is -0.0447. The van der Waals surface area contributed by atoms with Crippen LogP contribution in [0.25, 0.3) is 0 Å². The van der Waals surface area contributed by atoms with Gasteiger partial charge in [0, 0.05) is 36.8 Å². The van der Waals surface area contributed by atoms with E-state index in [-0.39, 0.29) is 11.9 Å². The van der Waals surface area contributed by atoms with Gasteiger partial charge in [-0.25, -0.2) is 0 Å². The molecule has 5 nitrogen and oxygen atoms in total. The van der Waals surface area contributed by atoms with Gasteiger partial charge < -0.3 is 20.1 Å². The number of amides is 1. The topological polar surface area (TPSA) is 64.8 Å². The van der Waals surface area contributed by atoms with E-state index in [2.05, 4.69) is 0 Å². The van der Waals surface area contributed by atoms with Crippen LogP contribution in [0, 0.1) is 0 Å². The zero-order chi connectivity index (χ0) is 16.2. The highest BCUT2D eigenvalue weighted by Crippen LogP contribution is 2.36. The summed E-state index contributed by atoms with van der Waals surface area (Å²) in [6.45, 7) is 3.59. The van der Waals surface area contributed by atoms with Crippen molar-refractivity contribution in [2.75, 3.05) is 21.2 Å². The Balaban J connectivity index is 3.15. The van der Waals surface area contributed by atoms with Crippen molar-refractivity contribution in [1.29, 1.82) is 0 Å². The van der Waals surface area contributed by atoms with Gasteiger partial charge in [0.15, 0.2) is 17.6 Å². The Morgan fingerprint density at radius 3 is 2.48 bits per heavy atom. The summed E-state index contributed by atoms with van der Waals surface area (Å²) in [4.78, 5) is 13.4. The molecule has 2 N–H and O–H groups in total. The van der Waals surface area contributed by atoms with Crippen molar-refractivity contribution in [3.05, 3.63) is 22.7 Å². The van der Waals surface area contributed by atoms with Crippen LogP contribution in [-0.4, -0.2) is 44.2 Å². The molecule has 0 aliphatic rings. The molecular formula is C15H23ClN2O3. The van der Waals surface area contributed by atoms with Gasteiger partial charge in [-0.2, -0.15) is 0 Å². The Kier molecular flexibility index (Phi) is 6.30. The summed E-state index contributed by atoms with van der Waals surface area (Å²) in [7, 11) is 4.90. The molecule has 0 saturated heterocycles. The number of rotatable bonds is 6. The Hall–Kier alpha value is -1.46. The van der Waals surface area contributed by atoms with Crippen LogP contribution in [0.4, 0.5) is 0 Å². The normalized spacial score (nSPS) is 13.5. The quantitative estimate of drug-likeness (QED) is 0.873. The van der Waals surface area contributed by atoms with Crippen LogP contribution in [0.1, 0.15) is 19.4 Å². The fraction of sp³-hybridized carbons (Fsp3) is 0.533. The van der Waals surface area contributed by atoms with Crippen molar-refractivity contribution in [3.8, 4) is 11.5 Å². The number of benzene rings is 1. The van der Waals surface area contributed by atoms with Crippen molar-refractivity contribution >= 4 is 17.5 Å². The van der Waals surface area contributed by atoms with Crippen LogP contribution >= 0.6 is 11.6 Å². The first-order chi connectivity index (χ1) is 9.76. The summed E-state index contributed by atoms with van der Waals surface area (Å²) < 4.78 is 11.1. The molecule has 0 aromatic heterocycles. The maximum absolute atomic E-state index is 12.0. The highest BCUT2D eigenvalue weighted by molar-refractivity contribution is 6.30. The second kappa shape index (κ2) is 7.52. The standard InChI is InChI=1S/C15H23ClN2O3/c1-9(17)6-11-7-12(16)8-13(20-5)14(11)21-10(2)15(19)18(3)4/h7-10H,6,17H2,1-5H3. The summed E-state index contributed by atoms with van der Waals surface area (Å²) >= 11 is 6.08. The molecule has 0 bridgehead atoms. The summed E-state index contributed by atoms with van der Waals surface area (Å²) in [5, 5.41) is 0.543. The van der Waals surface area contributed by atoms with Crippen molar-refractivity contribution in [1.82, 2.24) is 4.90 Å². The minimum absolute atomic E-state index is 0.0598. The Bertz CT molecular complexity index is 504. The van der Waals surface area contributed by atoms with Crippen molar-refractivity contribution in [2.24, 2.45) is 5.73 Å². The van der Waals surface area contributed by atoms with Crippen LogP contribution in [0.5, 0.6) is 11.5 Å². The van der Waals surface area contributed by atoms with E-state index in [9.17, 15) is 4.79 Å². The first kappa shape index (κ1) is 17.6. The minimum atomic E-state index is -0.623. The second-order valence-electron chi connectivity index (χ2n) is 5.27. The maximum atomic E-state index is 12.0. The van der Waals surface area contributed by atoms with Crippen molar-refractivity contribution in [2.45, 2.75) is 32.4 Å². The molecule has 0 fully saturated rings. The van der Waals surface area contributed by atoms with E-state index in [0.29, 0.717) is 22.9 Å². The lowest BCUT2D eigenvalue weighted by atomic mass is 10.1. The number of ether oxygens (including phenoxy) is 2. The summed E-state index contributed by atoms with van der Waals surface area (Å²) in [5.41, 5.74) is 6.69. The largest absolute Gasteiger partial charge is 0.493 e. The molecule has 0 aliphatic heterocycles. The van der Waals surface area contributed by atoms with Crippen molar-refractivity contribution in [3.63, 3.8) is 0 Å². The van der Waals surface area contributed by atoms with Gasteiger partial charge in [-0.15, -0.1) is 0 Å². The molecule has 21 heavy (non-hydrogen) atoms. The van der Waals surface area contributed by atoms with E-state index in [1.54, 1.807) is 33.2 Å². The second-order valence-corrected chi connectivity index (χ2v) is 5.71. The monoisotopic (exact) mass is 314 g/mol. The number of nitrogens with zero attached hydrogens (tertiary/aromatic N) is 1. The van der Waals surface area contributed by atoms with Gasteiger partial charge in [0.2, 0.25) is 0 Å². The number of methoxy groups -OCH3 is 1. The number of halogens is 1. The van der Waals surface area contributed by atoms with Crippen LogP contribution in [0.2, 0.25) is 5.02 Å². The van der Waals surface area contributed by atoms with Gasteiger partial charge in [0.25, 0.3) is 5.91 Å². The third kappa shape index (κ3) is 4.79. The number of likely N-dealkylation sites (N-methyl/N-ethyl adjacent to an activating group) is 1. The molecular weight excluding hydrogens is 292 g/mol. The van der Waals surface area contributed by atoms with E-state index in [1.807, 2.05) is 6.92 Å². The Morgan fingerprint density at radius 1 is 1.38 bits per heavy atom. The zero-order valence-electron chi connectivity index (χ0n) is 13.1. The number of carbonyl (C=O) groups is 1. The lowest BCUT2D eigenvalue weighted by molar-refractivity contribution is -0.135. The number of hydrogen-bond donors (Lipinski definition) is 1. The van der Waals surface area contributed by atoms with Crippen LogP contribution in [0.3, 0.4) is 0 Å². The smallest absolute Gasteiger partial charge is 0.262 e. The van der Waals surface area contributed by atoms with Crippen LogP contribution in [-0.2, 0) is 11.2 Å². The third-order valence-corrected chi connectivity index (χ3v) is 3.16. The predicted molar refractivity (Wildman–Crippen MR) is 84.1 cm³/mol. The van der Waals surface area contributed by atoms with E-state index >= 15 is 0 Å². The molecule has 6 heteroatoms. The molecule has 2 unspecified atom stereocenters. The predicted octanol–water partition coefficient (Wildman–Crippen LogP) is 2.09. The number of nitrogens with two attached hydrogens (primary N) is 1. The first-order valence-corrected chi connectivity index (χ1v) is 7.13. The minimum Gasteiger partial charge on any atom is -0.493 e. The Morgan fingerprint density at radius 2 is 2.00 bits per heavy atom. The molecule has 1 amide bonds. The molecule has 1 rings (SSSR count). The zero-order valence-corrected chi connectivity index (χ0v) is 13.9. The maximum Gasteiger partial charge on any atom is 0.262 e. The number of hydrogen-bond acceptors (Lipinski definition) is 4. The van der Waals surface area contributed by atoms with E-state index in [4.69, 9.17) is 26.8 Å². The molecule has 118 valence electrons. The lowest BCUT2D eigenvalue weighted by Crippen LogP contribution is -2.35. The van der Waals surface area contributed by atoms with Gasteiger partial charge in [-0.05, 0) is 26.3 Å². The summed E-state index contributed by atoms with van der Waals surface area (Å²) in [5.74, 6) is 0.886. The van der Waals surface area contributed by atoms with Gasteiger partial charge in [0.1, 0.15) is 0 Å². The number of carbonyl (C=O) groups excluding carboxylic acids is 1. The average molecular weight is 315 g/mol. The SMILES string of the molecule is COc1cc(Cl)cc(CC(C)N)c1OC(C)C(=O)N(C)C. The van der Waals surface area contributed by atoms with Crippen LogP contribution < -0.4 is 15.2 Å². The van der Waals surface area contributed by atoms with E-state index in [1.165, 1.54) is 12.0 Å². The fourth-order valence-electron chi connectivity index (χ4n) is 2.00. The first-order valence-electron chi connectivity index (χ1n) is 6.76. The highest BCUT2D eigenvalue weighted by atomic mass is 35.5. The van der Waals surface area contributed by atoms with Crippen molar-refractivity contribution < 1.29 is 14.3 Å². The van der Waals surface area contributed by atoms with Crippen LogP contribution in [0.15, 0.2) is 12.1 Å². The lowest BCUT2D eigenvalue weighted by Gasteiger charge is -2.22. The van der Waals surface area contributed by atoms with E-state index < -0.39 is 6.10 Å². The molecule has 0 spiro atoms. The van der Waals surface area contributed by atoms with Gasteiger partial charge in [-0.3, -0.25) is 4.79 Å². The Labute approximate surface area is 131 Å². The van der Waals surface area contributed by atoms with Gasteiger partial charge in [0.05, 0.1) is 7.11 Å². The highest BCUT2D eigenvalue weighted by Gasteiger charge is 2.21. The van der Waals surface area contributed by atoms with E-state index in [0.717, 1.165) is 5.56 Å². The third-order valence-electron chi connectivity index (χ3n) is 2.94. The molecule has 0 radical (unpaired) electrons. The summed E-state index contributed by atoms with van der Waals surface area (Å²) in [6, 6.07) is 3.39. The van der Waals surface area contributed by atoms with Gasteiger partial charge in [-0.1, -0.05) is 11.6 Å². The molecule has 2 atom stereocenters. The van der Waals surface area contributed by atoms with Gasteiger partial charge >= 0.3 is 0 Å². The average Bonchev–Trinajstić information content (AvgIpc) is 2.39. The fourth-order valence-corrected chi connectivity index (χ4v) is 2.23. The molecule has 0 saturated carbocycles. The molecule has 1 aromatic rings. The molecule has 0 aliphatic carbocycles. The molecule has 1 aromatic carbocycles. The molecule has 0 heterocycles.